The van der Waals surface area contributed by atoms with Gasteiger partial charge in [0.05, 0.1) is 40.2 Å². The van der Waals surface area contributed by atoms with Crippen molar-refractivity contribution in [2.75, 3.05) is 19.0 Å². The molecule has 2 N–H and O–H groups in total. The zero-order valence-corrected chi connectivity index (χ0v) is 23.0. The lowest BCUT2D eigenvalue weighted by Crippen LogP contribution is -2.36. The number of anilines is 1. The van der Waals surface area contributed by atoms with Gasteiger partial charge in [0.15, 0.2) is 5.82 Å². The van der Waals surface area contributed by atoms with Gasteiger partial charge in [0.25, 0.3) is 17.6 Å². The number of nitrogens with zero attached hydrogens (tertiary/aromatic N) is 8. The van der Waals surface area contributed by atoms with Crippen molar-refractivity contribution in [3.05, 3.63) is 75.5 Å². The van der Waals surface area contributed by atoms with Crippen LogP contribution in [0.5, 0.6) is 0 Å². The summed E-state index contributed by atoms with van der Waals surface area (Å²) in [7, 11) is 1.48. The fourth-order valence-electron chi connectivity index (χ4n) is 3.90. The van der Waals surface area contributed by atoms with Gasteiger partial charge in [-0.1, -0.05) is 11.6 Å². The van der Waals surface area contributed by atoms with Crippen molar-refractivity contribution in [3.63, 3.8) is 0 Å². The van der Waals surface area contributed by atoms with Gasteiger partial charge in [-0.25, -0.2) is 9.67 Å². The fraction of sp³-hybridized carbons (Fsp3) is 0.280. The summed E-state index contributed by atoms with van der Waals surface area (Å²) < 4.78 is 45.0. The summed E-state index contributed by atoms with van der Waals surface area (Å²) >= 11 is 6.30. The Bertz CT molecular complexity index is 1680. The number of rotatable bonds is 9. The minimum absolute atomic E-state index is 0.0245. The monoisotopic (exact) mass is 602 g/mol. The highest BCUT2D eigenvalue weighted by Gasteiger charge is 2.37. The van der Waals surface area contributed by atoms with Crippen molar-refractivity contribution >= 4 is 29.1 Å². The van der Waals surface area contributed by atoms with Crippen LogP contribution in [-0.2, 0) is 17.5 Å². The fourth-order valence-corrected chi connectivity index (χ4v) is 4.10. The van der Waals surface area contributed by atoms with Crippen molar-refractivity contribution in [2.45, 2.75) is 32.6 Å². The molecule has 1 aromatic carbocycles. The van der Waals surface area contributed by atoms with E-state index in [1.807, 2.05) is 6.07 Å². The third-order valence-electron chi connectivity index (χ3n) is 5.68. The molecule has 3 aromatic heterocycles. The molecule has 17 heteroatoms. The Balaban J connectivity index is 1.73. The highest BCUT2D eigenvalue weighted by Crippen LogP contribution is 2.27. The molecular weight excluding hydrogens is 581 g/mol. The van der Waals surface area contributed by atoms with Crippen LogP contribution < -0.4 is 10.6 Å². The summed E-state index contributed by atoms with van der Waals surface area (Å²) in [6.45, 7) is 3.18. The maximum Gasteiger partial charge on any atom is 0.455 e. The van der Waals surface area contributed by atoms with Crippen LogP contribution in [0.3, 0.4) is 0 Å². The first-order chi connectivity index (χ1) is 19.9. The van der Waals surface area contributed by atoms with Gasteiger partial charge in [0.2, 0.25) is 0 Å². The summed E-state index contributed by atoms with van der Waals surface area (Å²) in [4.78, 5) is 31.6. The van der Waals surface area contributed by atoms with E-state index < -0.39 is 23.8 Å². The maximum absolute atomic E-state index is 13.7. The molecule has 1 atom stereocenters. The molecule has 0 spiro atoms. The molecule has 0 saturated carbocycles. The zero-order valence-electron chi connectivity index (χ0n) is 22.3. The second kappa shape index (κ2) is 12.3. The summed E-state index contributed by atoms with van der Waals surface area (Å²) in [5.41, 5.74) is 0.717. The van der Waals surface area contributed by atoms with Gasteiger partial charge in [-0.3, -0.25) is 9.59 Å². The number of tetrazole rings is 1. The number of alkyl halides is 3. The molecule has 0 saturated heterocycles. The molecule has 4 aromatic rings. The molecule has 3 heterocycles. The van der Waals surface area contributed by atoms with E-state index in [2.05, 4.69) is 36.1 Å². The van der Waals surface area contributed by atoms with Crippen LogP contribution in [0.4, 0.5) is 18.9 Å². The van der Waals surface area contributed by atoms with Crippen LogP contribution in [-0.4, -0.2) is 66.5 Å². The first kappa shape index (κ1) is 30.1. The summed E-state index contributed by atoms with van der Waals surface area (Å²) in [5, 5.41) is 29.0. The van der Waals surface area contributed by atoms with Gasteiger partial charge < -0.3 is 15.4 Å². The normalized spacial score (nSPS) is 12.0. The highest BCUT2D eigenvalue weighted by atomic mass is 35.5. The molecule has 4 rings (SSSR count). The predicted octanol–water partition coefficient (Wildman–Crippen LogP) is 3.17. The quantitative estimate of drug-likeness (QED) is 0.292. The molecule has 218 valence electrons. The third kappa shape index (κ3) is 6.70. The van der Waals surface area contributed by atoms with Crippen LogP contribution >= 0.6 is 11.6 Å². The Hall–Kier alpha value is -4.88. The van der Waals surface area contributed by atoms with Crippen LogP contribution in [0.25, 0.3) is 5.82 Å². The summed E-state index contributed by atoms with van der Waals surface area (Å²) in [6, 6.07) is 8.80. The average molecular weight is 603 g/mol. The largest absolute Gasteiger partial charge is 0.455 e. The zero-order chi connectivity index (χ0) is 30.6. The lowest BCUT2D eigenvalue weighted by Gasteiger charge is -2.17. The molecular formula is C25H22ClF3N10O3. The minimum atomic E-state index is -4.80. The first-order valence-corrected chi connectivity index (χ1v) is 12.5. The van der Waals surface area contributed by atoms with Crippen LogP contribution in [0.15, 0.2) is 36.5 Å². The predicted molar refractivity (Wildman–Crippen MR) is 141 cm³/mol. The van der Waals surface area contributed by atoms with Gasteiger partial charge in [-0.2, -0.15) is 28.3 Å². The maximum atomic E-state index is 13.7. The van der Waals surface area contributed by atoms with Crippen molar-refractivity contribution in [1.29, 1.82) is 5.26 Å². The number of aromatic nitrogens is 7. The number of hydrogen-bond acceptors (Lipinski definition) is 9. The second-order valence-corrected chi connectivity index (χ2v) is 9.40. The molecule has 0 radical (unpaired) electrons. The minimum Gasteiger partial charge on any atom is -0.383 e. The first-order valence-electron chi connectivity index (χ1n) is 12.1. The van der Waals surface area contributed by atoms with E-state index in [1.165, 1.54) is 37.6 Å². The van der Waals surface area contributed by atoms with Crippen LogP contribution in [0.2, 0.25) is 5.02 Å². The van der Waals surface area contributed by atoms with E-state index in [9.17, 15) is 28.0 Å². The van der Waals surface area contributed by atoms with E-state index in [0.29, 0.717) is 10.4 Å². The molecule has 42 heavy (non-hydrogen) atoms. The molecule has 0 bridgehead atoms. The molecule has 0 aliphatic heterocycles. The van der Waals surface area contributed by atoms with E-state index in [-0.39, 0.29) is 58.2 Å². The number of carbonyl (C=O) groups is 2. The molecule has 2 amide bonds. The van der Waals surface area contributed by atoms with E-state index in [1.54, 1.807) is 19.9 Å². The highest BCUT2D eigenvalue weighted by molar-refractivity contribution is 6.32. The SMILES string of the molecule is COCC(C)NC(=O)c1cc(C#N)cc(C)c1NC(=O)c1cc(Cn2nnc(C(F)(F)F)n2)nn1-c1ncccc1Cl. The number of methoxy groups -OCH3 is 1. The van der Waals surface area contributed by atoms with Gasteiger partial charge in [-0.05, 0) is 55.0 Å². The number of nitrogens with one attached hydrogen (secondary N) is 2. The van der Waals surface area contributed by atoms with E-state index >= 15 is 0 Å². The van der Waals surface area contributed by atoms with Crippen molar-refractivity contribution in [1.82, 2.24) is 40.3 Å². The number of amides is 2. The number of nitriles is 1. The van der Waals surface area contributed by atoms with Gasteiger partial charge in [0, 0.05) is 19.3 Å². The smallest absolute Gasteiger partial charge is 0.383 e. The van der Waals surface area contributed by atoms with Gasteiger partial charge >= 0.3 is 6.18 Å². The Morgan fingerprint density at radius 2 is 1.98 bits per heavy atom. The summed E-state index contributed by atoms with van der Waals surface area (Å²) in [5.74, 6) is -2.70. The van der Waals surface area contributed by atoms with E-state index in [0.717, 1.165) is 4.68 Å². The van der Waals surface area contributed by atoms with Crippen LogP contribution in [0.1, 0.15) is 50.4 Å². The Morgan fingerprint density at radius 3 is 2.62 bits per heavy atom. The number of pyridine rings is 1. The number of hydrogen-bond donors (Lipinski definition) is 2. The topological polar surface area (TPSA) is 166 Å². The standard InChI is InChI=1S/C25H22ClF3N10O3/c1-13-7-15(10-30)8-17(22(40)32-14(2)12-42-3)20(13)33-23(41)19-9-16(11-38-36-24(34-37-38)25(27,28)29)35-39(19)21-18(26)5-4-6-31-21/h4-9,14H,11-12H2,1-3H3,(H,32,40)(H,33,41). The number of aryl methyl sites for hydroxylation is 1. The van der Waals surface area contributed by atoms with Gasteiger partial charge in [0.1, 0.15) is 12.2 Å². The number of halogens is 4. The lowest BCUT2D eigenvalue weighted by atomic mass is 10.0. The number of ether oxygens (including phenoxy) is 1. The summed E-state index contributed by atoms with van der Waals surface area (Å²) in [6.07, 6.45) is -3.39. The van der Waals surface area contributed by atoms with Crippen LogP contribution in [0, 0.1) is 18.3 Å². The van der Waals surface area contributed by atoms with Crippen molar-refractivity contribution in [2.24, 2.45) is 0 Å². The van der Waals surface area contributed by atoms with E-state index in [4.69, 9.17) is 16.3 Å². The molecule has 0 fully saturated rings. The van der Waals surface area contributed by atoms with Gasteiger partial charge in [-0.15, -0.1) is 10.2 Å². The number of carbonyl (C=O) groups excluding carboxylic acids is 2. The Morgan fingerprint density at radius 1 is 1.21 bits per heavy atom. The molecule has 0 aliphatic carbocycles. The molecule has 1 unspecified atom stereocenters. The second-order valence-electron chi connectivity index (χ2n) is 8.99. The van der Waals surface area contributed by atoms with Crippen molar-refractivity contribution in [3.8, 4) is 11.9 Å². The molecule has 0 aliphatic rings. The lowest BCUT2D eigenvalue weighted by molar-refractivity contribution is -0.145. The Kier molecular flexibility index (Phi) is 8.83. The third-order valence-corrected chi connectivity index (χ3v) is 5.98. The Labute approximate surface area is 241 Å². The molecule has 13 nitrogen and oxygen atoms in total. The number of benzene rings is 1. The average Bonchev–Trinajstić information content (AvgIpc) is 3.57. The van der Waals surface area contributed by atoms with Crippen molar-refractivity contribution < 1.29 is 27.5 Å².